The van der Waals surface area contributed by atoms with Gasteiger partial charge < -0.3 is 4.98 Å². The van der Waals surface area contributed by atoms with E-state index in [0.717, 1.165) is 21.9 Å². The van der Waals surface area contributed by atoms with Gasteiger partial charge >= 0.3 is 0 Å². The monoisotopic (exact) mass is 361 g/mol. The van der Waals surface area contributed by atoms with Gasteiger partial charge in [0.05, 0.1) is 16.4 Å². The quantitative estimate of drug-likeness (QED) is 0.668. The van der Waals surface area contributed by atoms with E-state index in [4.69, 9.17) is 12.2 Å². The molecular formula is C15H9BrFN3S. The van der Waals surface area contributed by atoms with Gasteiger partial charge in [-0.05, 0) is 33.6 Å². The van der Waals surface area contributed by atoms with Gasteiger partial charge in [0.1, 0.15) is 16.2 Å². The van der Waals surface area contributed by atoms with Gasteiger partial charge in [-0.15, -0.1) is 0 Å². The van der Waals surface area contributed by atoms with E-state index in [1.54, 1.807) is 6.07 Å². The molecular weight excluding hydrogens is 353 g/mol. The average molecular weight is 362 g/mol. The van der Waals surface area contributed by atoms with E-state index >= 15 is 0 Å². The smallest absolute Gasteiger partial charge is 0.158 e. The van der Waals surface area contributed by atoms with Crippen molar-refractivity contribution in [1.29, 1.82) is 0 Å². The third-order valence-corrected chi connectivity index (χ3v) is 4.23. The zero-order valence-electron chi connectivity index (χ0n) is 10.7. The molecule has 0 saturated heterocycles. The summed E-state index contributed by atoms with van der Waals surface area (Å²) in [7, 11) is 0. The van der Waals surface area contributed by atoms with E-state index < -0.39 is 5.82 Å². The van der Waals surface area contributed by atoms with Gasteiger partial charge in [0, 0.05) is 0 Å². The second-order valence-electron chi connectivity index (χ2n) is 4.31. The lowest BCUT2D eigenvalue weighted by molar-refractivity contribution is 0.621. The first kappa shape index (κ1) is 14.0. The van der Waals surface area contributed by atoms with Crippen LogP contribution in [0.3, 0.4) is 0 Å². The largest absolute Gasteiger partial charge is 0.337 e. The Morgan fingerprint density at radius 2 is 1.86 bits per heavy atom. The van der Waals surface area contributed by atoms with Crippen LogP contribution in [-0.4, -0.2) is 15.0 Å². The third-order valence-electron chi connectivity index (χ3n) is 2.90. The van der Waals surface area contributed by atoms with Crippen LogP contribution in [0.15, 0.2) is 53.1 Å². The molecule has 0 amide bonds. The predicted octanol–water partition coefficient (Wildman–Crippen LogP) is 4.77. The Bertz CT molecular complexity index is 832. The molecule has 6 heteroatoms. The van der Waals surface area contributed by atoms with Gasteiger partial charge in [0.15, 0.2) is 5.82 Å². The Kier molecular flexibility index (Phi) is 3.90. The zero-order valence-corrected chi connectivity index (χ0v) is 13.1. The summed E-state index contributed by atoms with van der Waals surface area (Å²) in [6.45, 7) is 0. The highest BCUT2D eigenvalue weighted by molar-refractivity contribution is 9.10. The van der Waals surface area contributed by atoms with Crippen molar-refractivity contribution in [2.75, 3.05) is 0 Å². The molecule has 0 radical (unpaired) electrons. The maximum Gasteiger partial charge on any atom is 0.158 e. The van der Waals surface area contributed by atoms with E-state index in [1.165, 1.54) is 6.07 Å². The van der Waals surface area contributed by atoms with Crippen LogP contribution in [-0.2, 0) is 0 Å². The van der Waals surface area contributed by atoms with Crippen molar-refractivity contribution in [1.82, 2.24) is 15.0 Å². The Labute approximate surface area is 134 Å². The fourth-order valence-electron chi connectivity index (χ4n) is 1.90. The molecule has 0 aliphatic heterocycles. The Balaban J connectivity index is 2.19. The number of nitrogens with one attached hydrogen (secondary N) is 1. The first-order valence-electron chi connectivity index (χ1n) is 6.12. The van der Waals surface area contributed by atoms with Gasteiger partial charge in [-0.1, -0.05) is 42.5 Å². The van der Waals surface area contributed by atoms with Crippen molar-refractivity contribution in [3.63, 3.8) is 0 Å². The van der Waals surface area contributed by atoms with Crippen molar-refractivity contribution >= 4 is 28.1 Å². The van der Waals surface area contributed by atoms with Gasteiger partial charge in [-0.2, -0.15) is 0 Å². The molecule has 0 aliphatic carbocycles. The van der Waals surface area contributed by atoms with Gasteiger partial charge in [0.2, 0.25) is 0 Å². The lowest BCUT2D eigenvalue weighted by Crippen LogP contribution is -1.97. The molecule has 0 spiro atoms. The minimum Gasteiger partial charge on any atom is -0.337 e. The van der Waals surface area contributed by atoms with Gasteiger partial charge in [-0.25, -0.2) is 14.4 Å². The molecule has 1 aromatic carbocycles. The number of rotatable bonds is 2. The Morgan fingerprint density at radius 1 is 1.10 bits per heavy atom. The second kappa shape index (κ2) is 5.83. The Hall–Kier alpha value is -1.92. The maximum atomic E-state index is 13.0. The fraction of sp³-hybridized carbons (Fsp3) is 0. The lowest BCUT2D eigenvalue weighted by Gasteiger charge is -2.08. The number of H-pyrrole nitrogens is 1. The van der Waals surface area contributed by atoms with Crippen LogP contribution >= 0.6 is 28.1 Å². The predicted molar refractivity (Wildman–Crippen MR) is 85.7 cm³/mol. The van der Waals surface area contributed by atoms with Crippen LogP contribution in [0, 0.1) is 10.5 Å². The van der Waals surface area contributed by atoms with E-state index in [0.29, 0.717) is 16.2 Å². The Morgan fingerprint density at radius 3 is 2.52 bits per heavy atom. The van der Waals surface area contributed by atoms with Crippen LogP contribution in [0.5, 0.6) is 0 Å². The molecule has 0 saturated carbocycles. The summed E-state index contributed by atoms with van der Waals surface area (Å²) in [5, 5.41) is 0. The third kappa shape index (κ3) is 2.91. The average Bonchev–Trinajstić information content (AvgIpc) is 2.51. The van der Waals surface area contributed by atoms with Crippen molar-refractivity contribution in [2.24, 2.45) is 0 Å². The summed E-state index contributed by atoms with van der Waals surface area (Å²) >= 11 is 8.73. The number of nitrogens with zero attached hydrogens (tertiary/aromatic N) is 2. The maximum absolute atomic E-state index is 13.0. The van der Waals surface area contributed by atoms with E-state index in [9.17, 15) is 4.39 Å². The minimum absolute atomic E-state index is 0.391. The van der Waals surface area contributed by atoms with Crippen LogP contribution in [0.4, 0.5) is 4.39 Å². The van der Waals surface area contributed by atoms with Crippen LogP contribution < -0.4 is 0 Å². The molecule has 1 N–H and O–H groups in total. The molecule has 3 aromatic rings. The summed E-state index contributed by atoms with van der Waals surface area (Å²) in [5.41, 5.74) is 2.32. The van der Waals surface area contributed by atoms with Crippen molar-refractivity contribution in [2.45, 2.75) is 0 Å². The standard InChI is InChI=1S/C15H9BrFN3S/c16-12-13(9-4-2-1-3-5-9)19-14(20-15(12)21)11-7-6-10(17)8-18-11/h1-8H,(H,19,20,21). The summed E-state index contributed by atoms with van der Waals surface area (Å²) in [5.74, 6) is 0.111. The van der Waals surface area contributed by atoms with Gasteiger partial charge in [-0.3, -0.25) is 0 Å². The van der Waals surface area contributed by atoms with Crippen LogP contribution in [0.25, 0.3) is 22.8 Å². The molecule has 0 bridgehead atoms. The first-order chi connectivity index (χ1) is 10.1. The number of benzene rings is 1. The van der Waals surface area contributed by atoms with Crippen LogP contribution in [0.1, 0.15) is 0 Å². The normalized spacial score (nSPS) is 10.6. The van der Waals surface area contributed by atoms with E-state index in [1.807, 2.05) is 30.3 Å². The van der Waals surface area contributed by atoms with E-state index in [2.05, 4.69) is 30.9 Å². The second-order valence-corrected chi connectivity index (χ2v) is 5.49. The van der Waals surface area contributed by atoms with E-state index in [-0.39, 0.29) is 0 Å². The SMILES string of the molecule is Fc1ccc(-c2nc(=S)c(Br)c(-c3ccccc3)[nH]2)nc1. The number of aromatic amines is 1. The fourth-order valence-corrected chi connectivity index (χ4v) is 2.51. The molecule has 3 rings (SSSR count). The molecule has 3 nitrogen and oxygen atoms in total. The molecule has 104 valence electrons. The molecule has 0 aliphatic rings. The lowest BCUT2D eigenvalue weighted by atomic mass is 10.1. The number of hydrogen-bond acceptors (Lipinski definition) is 3. The summed E-state index contributed by atoms with van der Waals surface area (Å²) in [6, 6.07) is 12.6. The molecule has 2 heterocycles. The van der Waals surface area contributed by atoms with Crippen molar-refractivity contribution in [3.8, 4) is 22.8 Å². The number of pyridine rings is 1. The number of hydrogen-bond donors (Lipinski definition) is 1. The van der Waals surface area contributed by atoms with Crippen molar-refractivity contribution < 1.29 is 4.39 Å². The number of halogens is 2. The zero-order chi connectivity index (χ0) is 14.8. The minimum atomic E-state index is -0.391. The van der Waals surface area contributed by atoms with Gasteiger partial charge in [0.25, 0.3) is 0 Å². The summed E-state index contributed by atoms with van der Waals surface area (Å²) < 4.78 is 14.1. The highest BCUT2D eigenvalue weighted by Gasteiger charge is 2.10. The molecule has 0 fully saturated rings. The highest BCUT2D eigenvalue weighted by Crippen LogP contribution is 2.28. The molecule has 0 unspecified atom stereocenters. The summed E-state index contributed by atoms with van der Waals surface area (Å²) in [6.07, 6.45) is 1.15. The highest BCUT2D eigenvalue weighted by atomic mass is 79.9. The molecule has 2 aromatic heterocycles. The topological polar surface area (TPSA) is 41.6 Å². The molecule has 21 heavy (non-hydrogen) atoms. The number of aromatic nitrogens is 3. The van der Waals surface area contributed by atoms with Crippen LogP contribution in [0.2, 0.25) is 0 Å². The van der Waals surface area contributed by atoms with Crippen molar-refractivity contribution in [3.05, 3.63) is 63.6 Å². The first-order valence-corrected chi connectivity index (χ1v) is 7.32. The summed E-state index contributed by atoms with van der Waals surface area (Å²) in [4.78, 5) is 11.5. The molecule has 0 atom stereocenters.